The second kappa shape index (κ2) is 11.9. The first-order valence-corrected chi connectivity index (χ1v) is 11.2. The number of alkyl carbamates (subject to hydrolysis) is 1. The zero-order valence-corrected chi connectivity index (χ0v) is 19.9. The Kier molecular flexibility index (Phi) is 9.61. The molecule has 0 unspecified atom stereocenters. The minimum Gasteiger partial charge on any atom is -0.444 e. The van der Waals surface area contributed by atoms with Crippen LogP contribution in [0.15, 0.2) is 15.6 Å². The van der Waals surface area contributed by atoms with Crippen LogP contribution in [0, 0.1) is 0 Å². The Balaban J connectivity index is 1.61. The van der Waals surface area contributed by atoms with Crippen LogP contribution in [0.4, 0.5) is 4.79 Å². The summed E-state index contributed by atoms with van der Waals surface area (Å²) in [6, 6.07) is 1.99. The molecule has 1 aromatic rings. The van der Waals surface area contributed by atoms with Gasteiger partial charge in [-0.3, -0.25) is 4.99 Å². The number of ether oxygens (including phenoxy) is 2. The molecule has 9 nitrogen and oxygen atoms in total. The maximum absolute atomic E-state index is 11.6. The lowest BCUT2D eigenvalue weighted by molar-refractivity contribution is 0.0169. The highest BCUT2D eigenvalue weighted by molar-refractivity contribution is 5.79. The maximum Gasteiger partial charge on any atom is 0.407 e. The smallest absolute Gasteiger partial charge is 0.407 e. The van der Waals surface area contributed by atoms with Crippen molar-refractivity contribution in [1.29, 1.82) is 0 Å². The van der Waals surface area contributed by atoms with Crippen molar-refractivity contribution in [3.63, 3.8) is 0 Å². The van der Waals surface area contributed by atoms with Gasteiger partial charge in [0, 0.05) is 39.4 Å². The summed E-state index contributed by atoms with van der Waals surface area (Å²) in [7, 11) is 1.79. The van der Waals surface area contributed by atoms with Crippen LogP contribution in [0.2, 0.25) is 0 Å². The van der Waals surface area contributed by atoms with Crippen molar-refractivity contribution < 1.29 is 18.8 Å². The molecule has 0 atom stereocenters. The van der Waals surface area contributed by atoms with Gasteiger partial charge in [0.15, 0.2) is 11.7 Å². The molecule has 1 amide bonds. The van der Waals surface area contributed by atoms with E-state index in [9.17, 15) is 4.79 Å². The second-order valence-electron chi connectivity index (χ2n) is 9.11. The van der Waals surface area contributed by atoms with Gasteiger partial charge >= 0.3 is 6.09 Å². The van der Waals surface area contributed by atoms with Gasteiger partial charge in [0.05, 0.1) is 18.3 Å². The number of nitrogens with one attached hydrogen (secondary N) is 2. The number of amides is 1. The lowest BCUT2D eigenvalue weighted by atomic mass is 10.1. The Labute approximate surface area is 185 Å². The van der Waals surface area contributed by atoms with Gasteiger partial charge in [-0.1, -0.05) is 19.0 Å². The minimum absolute atomic E-state index is 0.235. The molecule has 2 heterocycles. The van der Waals surface area contributed by atoms with Crippen molar-refractivity contribution in [2.75, 3.05) is 33.3 Å². The predicted molar refractivity (Wildman–Crippen MR) is 120 cm³/mol. The number of guanidine groups is 1. The standard InChI is InChI=1S/C22H39N5O4/c1-16(2)19-14-18(31-26-19)15-25-20(23-6)27-11-8-17(9-12-27)29-13-7-10-24-21(28)30-22(3,4)5/h14,16-17H,7-13,15H2,1-6H3,(H,23,25)(H,24,28). The molecule has 2 N–H and O–H groups in total. The van der Waals surface area contributed by atoms with Crippen molar-refractivity contribution >= 4 is 12.1 Å². The van der Waals surface area contributed by atoms with Gasteiger partial charge in [-0.15, -0.1) is 0 Å². The number of hydrogen-bond donors (Lipinski definition) is 2. The van der Waals surface area contributed by atoms with E-state index in [0.29, 0.717) is 25.6 Å². The SMILES string of the molecule is CN=C(NCc1cc(C(C)C)no1)N1CCC(OCCCNC(=O)OC(C)(C)C)CC1. The average molecular weight is 438 g/mol. The molecule has 2 rings (SSSR count). The van der Waals surface area contributed by atoms with Crippen LogP contribution in [-0.4, -0.2) is 67.1 Å². The number of carbonyl (C=O) groups excluding carboxylic acids is 1. The van der Waals surface area contributed by atoms with Gasteiger partial charge < -0.3 is 29.5 Å². The number of piperidine rings is 1. The summed E-state index contributed by atoms with van der Waals surface area (Å²) in [6.07, 6.45) is 2.50. The van der Waals surface area contributed by atoms with Crippen LogP contribution >= 0.6 is 0 Å². The van der Waals surface area contributed by atoms with Crippen LogP contribution in [-0.2, 0) is 16.0 Å². The normalized spacial score (nSPS) is 16.0. The molecule has 1 aliphatic rings. The predicted octanol–water partition coefficient (Wildman–Crippen LogP) is 3.27. The summed E-state index contributed by atoms with van der Waals surface area (Å²) in [5.74, 6) is 2.02. The molecule has 1 saturated heterocycles. The molecule has 31 heavy (non-hydrogen) atoms. The third kappa shape index (κ3) is 9.16. The largest absolute Gasteiger partial charge is 0.444 e. The molecule has 1 aromatic heterocycles. The number of nitrogens with zero attached hydrogens (tertiary/aromatic N) is 3. The Hall–Kier alpha value is -2.29. The number of carbonyl (C=O) groups is 1. The Morgan fingerprint density at radius 2 is 2.03 bits per heavy atom. The molecule has 1 fully saturated rings. The molecule has 0 radical (unpaired) electrons. The molecular weight excluding hydrogens is 398 g/mol. The van der Waals surface area contributed by atoms with E-state index in [4.69, 9.17) is 14.0 Å². The monoisotopic (exact) mass is 437 g/mol. The lowest BCUT2D eigenvalue weighted by Gasteiger charge is -2.34. The highest BCUT2D eigenvalue weighted by Gasteiger charge is 2.22. The molecule has 0 bridgehead atoms. The number of aromatic nitrogens is 1. The zero-order chi connectivity index (χ0) is 22.9. The maximum atomic E-state index is 11.6. The third-order valence-electron chi connectivity index (χ3n) is 4.89. The fourth-order valence-electron chi connectivity index (χ4n) is 3.24. The van der Waals surface area contributed by atoms with Gasteiger partial charge in [0.25, 0.3) is 0 Å². The van der Waals surface area contributed by atoms with Crippen molar-refractivity contribution in [3.8, 4) is 0 Å². The van der Waals surface area contributed by atoms with Crippen LogP contribution in [0.3, 0.4) is 0 Å². The molecule has 0 aromatic carbocycles. The number of hydrogen-bond acceptors (Lipinski definition) is 6. The quantitative estimate of drug-likeness (QED) is 0.366. The molecule has 176 valence electrons. The van der Waals surface area contributed by atoms with Gasteiger partial charge in [-0.2, -0.15) is 0 Å². The van der Waals surface area contributed by atoms with Gasteiger partial charge in [0.2, 0.25) is 0 Å². The fraction of sp³-hybridized carbons (Fsp3) is 0.773. The Bertz CT molecular complexity index is 703. The molecular formula is C22H39N5O4. The number of rotatable bonds is 8. The number of aliphatic imine (C=N–C) groups is 1. The highest BCUT2D eigenvalue weighted by atomic mass is 16.6. The first-order chi connectivity index (χ1) is 14.7. The fourth-order valence-corrected chi connectivity index (χ4v) is 3.24. The van der Waals surface area contributed by atoms with Crippen LogP contribution < -0.4 is 10.6 Å². The summed E-state index contributed by atoms with van der Waals surface area (Å²) in [5.41, 5.74) is 0.488. The van der Waals surface area contributed by atoms with Gasteiger partial charge in [-0.05, 0) is 46.0 Å². The van der Waals surface area contributed by atoms with Crippen LogP contribution in [0.25, 0.3) is 0 Å². The first kappa shape index (κ1) is 25.0. The summed E-state index contributed by atoms with van der Waals surface area (Å²) >= 11 is 0. The summed E-state index contributed by atoms with van der Waals surface area (Å²) in [5, 5.41) is 10.2. The first-order valence-electron chi connectivity index (χ1n) is 11.2. The Morgan fingerprint density at radius 3 is 2.61 bits per heavy atom. The van der Waals surface area contributed by atoms with Crippen molar-refractivity contribution in [2.24, 2.45) is 4.99 Å². The van der Waals surface area contributed by atoms with Gasteiger partial charge in [-0.25, -0.2) is 4.79 Å². The van der Waals surface area contributed by atoms with E-state index in [2.05, 4.69) is 39.5 Å². The van der Waals surface area contributed by atoms with E-state index < -0.39 is 5.60 Å². The third-order valence-corrected chi connectivity index (χ3v) is 4.89. The highest BCUT2D eigenvalue weighted by Crippen LogP contribution is 2.16. The molecule has 0 aliphatic carbocycles. The Morgan fingerprint density at radius 1 is 1.32 bits per heavy atom. The van der Waals surface area contributed by atoms with Crippen LogP contribution in [0.1, 0.15) is 71.3 Å². The summed E-state index contributed by atoms with van der Waals surface area (Å²) in [4.78, 5) is 18.3. The van der Waals surface area contributed by atoms with Crippen molar-refractivity contribution in [3.05, 3.63) is 17.5 Å². The molecule has 0 saturated carbocycles. The second-order valence-corrected chi connectivity index (χ2v) is 9.11. The van der Waals surface area contributed by atoms with Crippen LogP contribution in [0.5, 0.6) is 0 Å². The van der Waals surface area contributed by atoms with Crippen molar-refractivity contribution in [1.82, 2.24) is 20.7 Å². The van der Waals surface area contributed by atoms with E-state index >= 15 is 0 Å². The summed E-state index contributed by atoms with van der Waals surface area (Å²) < 4.78 is 16.6. The molecule has 0 spiro atoms. The van der Waals surface area contributed by atoms with E-state index in [1.165, 1.54) is 0 Å². The van der Waals surface area contributed by atoms with E-state index in [1.54, 1.807) is 7.05 Å². The summed E-state index contributed by atoms with van der Waals surface area (Å²) in [6.45, 7) is 13.2. The molecule has 1 aliphatic heterocycles. The van der Waals surface area contributed by atoms with E-state index in [-0.39, 0.29) is 12.2 Å². The van der Waals surface area contributed by atoms with Gasteiger partial charge in [0.1, 0.15) is 5.60 Å². The topological polar surface area (TPSA) is 101 Å². The minimum atomic E-state index is -0.476. The van der Waals surface area contributed by atoms with E-state index in [1.807, 2.05) is 26.8 Å². The number of likely N-dealkylation sites (tertiary alicyclic amines) is 1. The van der Waals surface area contributed by atoms with E-state index in [0.717, 1.165) is 49.8 Å². The lowest BCUT2D eigenvalue weighted by Crippen LogP contribution is -2.46. The molecule has 9 heteroatoms. The zero-order valence-electron chi connectivity index (χ0n) is 19.9. The average Bonchev–Trinajstić information content (AvgIpc) is 3.17. The van der Waals surface area contributed by atoms with Crippen molar-refractivity contribution in [2.45, 2.75) is 78.0 Å².